The normalized spacial score (nSPS) is 15.5. The lowest BCUT2D eigenvalue weighted by Gasteiger charge is -2.24. The van der Waals surface area contributed by atoms with Crippen LogP contribution < -0.4 is 10.1 Å². The minimum absolute atomic E-state index is 0.217. The van der Waals surface area contributed by atoms with Crippen molar-refractivity contribution in [3.8, 4) is 5.75 Å². The third-order valence-electron chi connectivity index (χ3n) is 4.13. The number of aromatic nitrogens is 1. The Morgan fingerprint density at radius 2 is 2.09 bits per heavy atom. The maximum absolute atomic E-state index is 11.3. The molecule has 0 bridgehead atoms. The molecule has 1 fully saturated rings. The molecule has 0 saturated carbocycles. The first-order chi connectivity index (χ1) is 11.3. The third-order valence-corrected chi connectivity index (χ3v) is 4.13. The van der Waals surface area contributed by atoms with Gasteiger partial charge < -0.3 is 14.8 Å². The molecule has 1 aliphatic rings. The number of nitrogens with one attached hydrogen (secondary N) is 1. The van der Waals surface area contributed by atoms with Gasteiger partial charge in [0.25, 0.3) is 0 Å². The van der Waals surface area contributed by atoms with E-state index in [0.717, 1.165) is 48.3 Å². The summed E-state index contributed by atoms with van der Waals surface area (Å²) >= 11 is 0. The fraction of sp³-hybridized carbons (Fsp3) is 0.444. The van der Waals surface area contributed by atoms with E-state index >= 15 is 0 Å². The number of methoxy groups -OCH3 is 1. The van der Waals surface area contributed by atoms with Gasteiger partial charge in [-0.1, -0.05) is 18.2 Å². The number of carbonyl (C=O) groups excluding carboxylic acids is 1. The number of benzene rings is 1. The molecule has 1 aliphatic heterocycles. The molecular formula is C18H22N2O3. The Labute approximate surface area is 136 Å². The first-order valence-electron chi connectivity index (χ1n) is 8.09. The first kappa shape index (κ1) is 15.7. The first-order valence-corrected chi connectivity index (χ1v) is 8.09. The molecule has 0 atom stereocenters. The fourth-order valence-corrected chi connectivity index (χ4v) is 2.82. The number of hydrogen-bond donors (Lipinski definition) is 1. The predicted molar refractivity (Wildman–Crippen MR) is 88.6 cm³/mol. The van der Waals surface area contributed by atoms with Crippen LogP contribution >= 0.6 is 0 Å². The van der Waals surface area contributed by atoms with Gasteiger partial charge in [0.1, 0.15) is 17.4 Å². The minimum Gasteiger partial charge on any atom is -0.488 e. The molecule has 1 N–H and O–H groups in total. The van der Waals surface area contributed by atoms with Gasteiger partial charge in [0, 0.05) is 17.5 Å². The highest BCUT2D eigenvalue weighted by atomic mass is 16.5. The summed E-state index contributed by atoms with van der Waals surface area (Å²) in [5.41, 5.74) is 1.75. The number of fused-ring (bicyclic) bond motifs is 1. The van der Waals surface area contributed by atoms with Crippen molar-refractivity contribution >= 4 is 16.9 Å². The number of aryl methyl sites for hydroxylation is 1. The molecule has 122 valence electrons. The van der Waals surface area contributed by atoms with Crippen molar-refractivity contribution in [3.63, 3.8) is 0 Å². The van der Waals surface area contributed by atoms with E-state index in [9.17, 15) is 4.79 Å². The van der Waals surface area contributed by atoms with Gasteiger partial charge in [-0.05, 0) is 38.1 Å². The molecule has 1 aromatic heterocycles. The second-order valence-corrected chi connectivity index (χ2v) is 5.77. The maximum atomic E-state index is 11.3. The van der Waals surface area contributed by atoms with Crippen molar-refractivity contribution in [2.45, 2.75) is 31.8 Å². The largest absolute Gasteiger partial charge is 0.488 e. The quantitative estimate of drug-likeness (QED) is 0.859. The predicted octanol–water partition coefficient (Wildman–Crippen LogP) is 2.47. The molecule has 23 heavy (non-hydrogen) atoms. The van der Waals surface area contributed by atoms with Crippen LogP contribution in [0, 0.1) is 0 Å². The smallest absolute Gasteiger partial charge is 0.305 e. The summed E-state index contributed by atoms with van der Waals surface area (Å²) in [6.45, 7) is 1.99. The average molecular weight is 314 g/mol. The summed E-state index contributed by atoms with van der Waals surface area (Å²) in [4.78, 5) is 16.0. The Balaban J connectivity index is 1.80. The molecule has 0 amide bonds. The molecular weight excluding hydrogens is 292 g/mol. The van der Waals surface area contributed by atoms with Gasteiger partial charge in [0.05, 0.1) is 13.5 Å². The number of para-hydroxylation sites is 1. The number of piperidine rings is 1. The zero-order chi connectivity index (χ0) is 16.1. The van der Waals surface area contributed by atoms with Crippen LogP contribution in [0.25, 0.3) is 10.9 Å². The van der Waals surface area contributed by atoms with E-state index in [2.05, 4.69) is 10.1 Å². The number of pyridine rings is 1. The van der Waals surface area contributed by atoms with E-state index in [0.29, 0.717) is 12.8 Å². The highest BCUT2D eigenvalue weighted by molar-refractivity contribution is 5.84. The zero-order valence-electron chi connectivity index (χ0n) is 13.4. The Bertz CT molecular complexity index is 681. The van der Waals surface area contributed by atoms with Crippen LogP contribution in [0.4, 0.5) is 0 Å². The van der Waals surface area contributed by atoms with Gasteiger partial charge in [-0.2, -0.15) is 0 Å². The van der Waals surface area contributed by atoms with Gasteiger partial charge in [-0.15, -0.1) is 0 Å². The lowest BCUT2D eigenvalue weighted by Crippen LogP contribution is -2.34. The van der Waals surface area contributed by atoms with Crippen LogP contribution in [-0.2, 0) is 16.0 Å². The Morgan fingerprint density at radius 1 is 1.26 bits per heavy atom. The van der Waals surface area contributed by atoms with Crippen LogP contribution in [0.2, 0.25) is 0 Å². The average Bonchev–Trinajstić information content (AvgIpc) is 2.61. The van der Waals surface area contributed by atoms with E-state index in [1.165, 1.54) is 7.11 Å². The maximum Gasteiger partial charge on any atom is 0.305 e. The van der Waals surface area contributed by atoms with E-state index in [-0.39, 0.29) is 12.1 Å². The second-order valence-electron chi connectivity index (χ2n) is 5.77. The van der Waals surface area contributed by atoms with Crippen molar-refractivity contribution in [2.75, 3.05) is 20.2 Å². The van der Waals surface area contributed by atoms with Crippen LogP contribution in [0.3, 0.4) is 0 Å². The van der Waals surface area contributed by atoms with Crippen LogP contribution in [0.1, 0.15) is 25.0 Å². The molecule has 1 saturated heterocycles. The van der Waals surface area contributed by atoms with Gasteiger partial charge in [0.15, 0.2) is 0 Å². The van der Waals surface area contributed by atoms with E-state index < -0.39 is 0 Å². The summed E-state index contributed by atoms with van der Waals surface area (Å²) < 4.78 is 10.9. The molecule has 1 aromatic carbocycles. The van der Waals surface area contributed by atoms with Crippen molar-refractivity contribution in [2.24, 2.45) is 0 Å². The van der Waals surface area contributed by atoms with Gasteiger partial charge in [-0.25, -0.2) is 4.98 Å². The summed E-state index contributed by atoms with van der Waals surface area (Å²) in [5.74, 6) is 0.612. The zero-order valence-corrected chi connectivity index (χ0v) is 13.4. The van der Waals surface area contributed by atoms with Crippen LogP contribution in [0.15, 0.2) is 30.3 Å². The van der Waals surface area contributed by atoms with Gasteiger partial charge in [-0.3, -0.25) is 4.79 Å². The lowest BCUT2D eigenvalue weighted by molar-refractivity contribution is -0.140. The summed E-state index contributed by atoms with van der Waals surface area (Å²) in [7, 11) is 1.40. The highest BCUT2D eigenvalue weighted by Gasteiger charge is 2.16. The van der Waals surface area contributed by atoms with Crippen molar-refractivity contribution in [3.05, 3.63) is 36.0 Å². The van der Waals surface area contributed by atoms with Crippen LogP contribution in [0.5, 0.6) is 5.75 Å². The number of ether oxygens (including phenoxy) is 2. The van der Waals surface area contributed by atoms with Gasteiger partial charge in [0.2, 0.25) is 0 Å². The van der Waals surface area contributed by atoms with E-state index in [1.807, 2.05) is 30.3 Å². The molecule has 2 heterocycles. The van der Waals surface area contributed by atoms with E-state index in [4.69, 9.17) is 9.72 Å². The summed E-state index contributed by atoms with van der Waals surface area (Å²) in [6.07, 6.45) is 3.18. The molecule has 3 rings (SSSR count). The topological polar surface area (TPSA) is 60.5 Å². The SMILES string of the molecule is COC(=O)CCc1ccc2cccc(OC3CCNCC3)c2n1. The molecule has 0 unspecified atom stereocenters. The Kier molecular flexibility index (Phi) is 5.08. The standard InChI is InChI=1S/C18H22N2O3/c1-22-17(21)8-7-14-6-5-13-3-2-4-16(18(13)20-14)23-15-9-11-19-12-10-15/h2-6,15,19H,7-12H2,1H3. The number of nitrogens with zero attached hydrogens (tertiary/aromatic N) is 1. The van der Waals surface area contributed by atoms with E-state index in [1.54, 1.807) is 0 Å². The van der Waals surface area contributed by atoms with Gasteiger partial charge >= 0.3 is 5.97 Å². The van der Waals surface area contributed by atoms with Crippen molar-refractivity contribution < 1.29 is 14.3 Å². The highest BCUT2D eigenvalue weighted by Crippen LogP contribution is 2.26. The molecule has 0 spiro atoms. The number of hydrogen-bond acceptors (Lipinski definition) is 5. The number of carbonyl (C=O) groups is 1. The molecule has 5 heteroatoms. The molecule has 5 nitrogen and oxygen atoms in total. The summed E-state index contributed by atoms with van der Waals surface area (Å²) in [6, 6.07) is 9.99. The fourth-order valence-electron chi connectivity index (χ4n) is 2.82. The van der Waals surface area contributed by atoms with Crippen molar-refractivity contribution in [1.29, 1.82) is 0 Å². The second kappa shape index (κ2) is 7.42. The molecule has 2 aromatic rings. The van der Waals surface area contributed by atoms with Crippen LogP contribution in [-0.4, -0.2) is 37.3 Å². The Hall–Kier alpha value is -2.14. The minimum atomic E-state index is -0.217. The monoisotopic (exact) mass is 314 g/mol. The lowest BCUT2D eigenvalue weighted by atomic mass is 10.1. The number of esters is 1. The number of rotatable bonds is 5. The van der Waals surface area contributed by atoms with Crippen molar-refractivity contribution in [1.82, 2.24) is 10.3 Å². The Morgan fingerprint density at radius 3 is 2.87 bits per heavy atom. The molecule has 0 aliphatic carbocycles. The summed E-state index contributed by atoms with van der Waals surface area (Å²) in [5, 5.41) is 4.39. The molecule has 0 radical (unpaired) electrons. The third kappa shape index (κ3) is 3.99.